The molecular weight excluding hydrogens is 448 g/mol. The molecule has 0 bridgehead atoms. The van der Waals surface area contributed by atoms with Crippen LogP contribution in [0.5, 0.6) is 0 Å². The van der Waals surface area contributed by atoms with Crippen LogP contribution in [-0.4, -0.2) is 61.9 Å². The number of benzene rings is 2. The quantitative estimate of drug-likeness (QED) is 0.542. The first-order valence-electron chi connectivity index (χ1n) is 9.51. The molecule has 0 radical (unpaired) electrons. The summed E-state index contributed by atoms with van der Waals surface area (Å²) in [6.07, 6.45) is -6.35. The molecule has 5 atom stereocenters. The lowest BCUT2D eigenvalue weighted by Crippen LogP contribution is -2.64. The highest BCUT2D eigenvalue weighted by Crippen LogP contribution is 2.40. The zero-order chi connectivity index (χ0) is 23.0. The van der Waals surface area contributed by atoms with E-state index in [4.69, 9.17) is 25.3 Å². The van der Waals surface area contributed by atoms with E-state index in [2.05, 4.69) is 0 Å². The lowest BCUT2D eigenvalue weighted by molar-refractivity contribution is -0.365. The number of ether oxygens (including phenoxy) is 2. The van der Waals surface area contributed by atoms with Gasteiger partial charge in [-0.05, 0) is 37.6 Å². The molecule has 10 heteroatoms. The molecule has 1 aliphatic rings. The van der Waals surface area contributed by atoms with E-state index in [1.807, 2.05) is 6.92 Å². The van der Waals surface area contributed by atoms with Crippen molar-refractivity contribution in [1.29, 1.82) is 0 Å². The van der Waals surface area contributed by atoms with Crippen LogP contribution in [-0.2, 0) is 29.6 Å². The standard InChI is InChI=1S/C21H25ClO8S/c1-12-4-8-15(9-5-12)31(26,27)29-11-17-18(23)19(24)20(25)21(28-3,30-17)14-7-6-13(2)16(22)10-14/h4-10,17-20,23-25H,11H2,1-3H3/t17-,18-,19+,20-,21+/m1/s1. The molecule has 3 N–H and O–H groups in total. The van der Waals surface area contributed by atoms with Crippen molar-refractivity contribution < 1.29 is 37.4 Å². The van der Waals surface area contributed by atoms with Gasteiger partial charge in [0.05, 0.1) is 11.5 Å². The molecule has 2 aromatic carbocycles. The first-order chi connectivity index (χ1) is 14.5. The average molecular weight is 473 g/mol. The second kappa shape index (κ2) is 9.13. The molecule has 170 valence electrons. The highest BCUT2D eigenvalue weighted by molar-refractivity contribution is 7.86. The molecule has 0 unspecified atom stereocenters. The molecule has 1 heterocycles. The Bertz CT molecular complexity index is 1030. The lowest BCUT2D eigenvalue weighted by atomic mass is 9.87. The third-order valence-electron chi connectivity index (χ3n) is 5.34. The predicted octanol–water partition coefficient (Wildman–Crippen LogP) is 1.64. The summed E-state index contributed by atoms with van der Waals surface area (Å²) >= 11 is 6.19. The lowest BCUT2D eigenvalue weighted by Gasteiger charge is -2.47. The number of methoxy groups -OCH3 is 1. The molecule has 0 amide bonds. The van der Waals surface area contributed by atoms with Crippen LogP contribution in [0.25, 0.3) is 0 Å². The van der Waals surface area contributed by atoms with Crippen LogP contribution in [0, 0.1) is 13.8 Å². The number of aryl methyl sites for hydroxylation is 2. The van der Waals surface area contributed by atoms with Gasteiger partial charge in [0.25, 0.3) is 10.1 Å². The number of rotatable bonds is 6. The fraction of sp³-hybridized carbons (Fsp3) is 0.429. The molecule has 2 aromatic rings. The zero-order valence-corrected chi connectivity index (χ0v) is 18.8. The zero-order valence-electron chi connectivity index (χ0n) is 17.2. The summed E-state index contributed by atoms with van der Waals surface area (Å²) in [5, 5.41) is 31.9. The van der Waals surface area contributed by atoms with E-state index in [0.717, 1.165) is 11.1 Å². The Balaban J connectivity index is 1.88. The highest BCUT2D eigenvalue weighted by atomic mass is 35.5. The Morgan fingerprint density at radius 2 is 1.71 bits per heavy atom. The second-order valence-electron chi connectivity index (χ2n) is 7.47. The van der Waals surface area contributed by atoms with E-state index in [1.165, 1.54) is 25.3 Å². The second-order valence-corrected chi connectivity index (χ2v) is 9.49. The fourth-order valence-electron chi connectivity index (χ4n) is 3.39. The van der Waals surface area contributed by atoms with Gasteiger partial charge in [-0.15, -0.1) is 0 Å². The van der Waals surface area contributed by atoms with Crippen LogP contribution >= 0.6 is 11.6 Å². The van der Waals surface area contributed by atoms with Crippen molar-refractivity contribution in [2.75, 3.05) is 13.7 Å². The van der Waals surface area contributed by atoms with Gasteiger partial charge in [0, 0.05) is 17.7 Å². The Hall–Kier alpha value is -1.56. The van der Waals surface area contributed by atoms with Gasteiger partial charge in [0.15, 0.2) is 0 Å². The summed E-state index contributed by atoms with van der Waals surface area (Å²) < 4.78 is 41.3. The molecule has 1 saturated heterocycles. The largest absolute Gasteiger partial charge is 0.387 e. The number of hydrogen-bond acceptors (Lipinski definition) is 8. The number of halogens is 1. The maximum absolute atomic E-state index is 12.5. The summed E-state index contributed by atoms with van der Waals surface area (Å²) in [5.41, 5.74) is 1.94. The molecule has 1 aliphatic heterocycles. The van der Waals surface area contributed by atoms with Gasteiger partial charge < -0.3 is 24.8 Å². The van der Waals surface area contributed by atoms with Crippen molar-refractivity contribution in [2.24, 2.45) is 0 Å². The molecule has 0 saturated carbocycles. The first kappa shape index (κ1) is 24.1. The van der Waals surface area contributed by atoms with E-state index >= 15 is 0 Å². The van der Waals surface area contributed by atoms with Crippen LogP contribution in [0.1, 0.15) is 16.7 Å². The summed E-state index contributed by atoms with van der Waals surface area (Å²) in [7, 11) is -2.90. The number of hydrogen-bond donors (Lipinski definition) is 3. The van der Waals surface area contributed by atoms with E-state index in [9.17, 15) is 23.7 Å². The molecule has 0 aromatic heterocycles. The first-order valence-corrected chi connectivity index (χ1v) is 11.3. The molecule has 8 nitrogen and oxygen atoms in total. The fourth-order valence-corrected chi connectivity index (χ4v) is 4.49. The van der Waals surface area contributed by atoms with Crippen LogP contribution in [0.4, 0.5) is 0 Å². The minimum absolute atomic E-state index is 0.0627. The van der Waals surface area contributed by atoms with Gasteiger partial charge in [-0.25, -0.2) is 0 Å². The maximum atomic E-state index is 12.5. The molecule has 0 spiro atoms. The summed E-state index contributed by atoms with van der Waals surface area (Å²) in [5.74, 6) is -1.91. The Labute approximate surface area is 186 Å². The third kappa shape index (κ3) is 4.64. The molecule has 0 aliphatic carbocycles. The van der Waals surface area contributed by atoms with Crippen LogP contribution < -0.4 is 0 Å². The van der Waals surface area contributed by atoms with Crippen molar-refractivity contribution >= 4 is 21.7 Å². The van der Waals surface area contributed by atoms with Gasteiger partial charge in [0.2, 0.25) is 5.79 Å². The van der Waals surface area contributed by atoms with E-state index in [1.54, 1.807) is 31.2 Å². The van der Waals surface area contributed by atoms with E-state index < -0.39 is 46.9 Å². The Morgan fingerprint density at radius 3 is 2.29 bits per heavy atom. The third-order valence-corrected chi connectivity index (χ3v) is 7.05. The number of aliphatic hydroxyl groups is 3. The van der Waals surface area contributed by atoms with Crippen LogP contribution in [0.2, 0.25) is 5.02 Å². The molecule has 31 heavy (non-hydrogen) atoms. The Kier molecular flexibility index (Phi) is 7.09. The summed E-state index contributed by atoms with van der Waals surface area (Å²) in [6.45, 7) is 2.98. The minimum atomic E-state index is -4.15. The summed E-state index contributed by atoms with van der Waals surface area (Å²) in [6, 6.07) is 10.8. The van der Waals surface area contributed by atoms with Crippen LogP contribution in [0.15, 0.2) is 47.4 Å². The topological polar surface area (TPSA) is 123 Å². The molecule has 1 fully saturated rings. The van der Waals surface area contributed by atoms with Crippen molar-refractivity contribution in [3.05, 3.63) is 64.2 Å². The van der Waals surface area contributed by atoms with Gasteiger partial charge in [-0.1, -0.05) is 41.4 Å². The monoisotopic (exact) mass is 472 g/mol. The van der Waals surface area contributed by atoms with E-state index in [0.29, 0.717) is 5.02 Å². The van der Waals surface area contributed by atoms with Crippen molar-refractivity contribution in [3.8, 4) is 0 Å². The summed E-state index contributed by atoms with van der Waals surface area (Å²) in [4.78, 5) is -0.0627. The molecular formula is C21H25ClO8S. The van der Waals surface area contributed by atoms with Gasteiger partial charge in [0.1, 0.15) is 24.4 Å². The molecule has 3 rings (SSSR count). The van der Waals surface area contributed by atoms with E-state index in [-0.39, 0.29) is 10.5 Å². The van der Waals surface area contributed by atoms with Crippen LogP contribution in [0.3, 0.4) is 0 Å². The van der Waals surface area contributed by atoms with Gasteiger partial charge in [-0.2, -0.15) is 8.42 Å². The van der Waals surface area contributed by atoms with Crippen molar-refractivity contribution in [2.45, 2.75) is 48.9 Å². The number of aliphatic hydroxyl groups excluding tert-OH is 3. The van der Waals surface area contributed by atoms with Gasteiger partial charge in [-0.3, -0.25) is 4.18 Å². The maximum Gasteiger partial charge on any atom is 0.297 e. The van der Waals surface area contributed by atoms with Crippen molar-refractivity contribution in [1.82, 2.24) is 0 Å². The SMILES string of the molecule is CO[C@@]1(c2ccc(C)c(Cl)c2)O[C@H](COS(=O)(=O)c2ccc(C)cc2)[C@@H](O)[C@H](O)[C@H]1O. The van der Waals surface area contributed by atoms with Crippen molar-refractivity contribution in [3.63, 3.8) is 0 Å². The Morgan fingerprint density at radius 1 is 1.06 bits per heavy atom. The minimum Gasteiger partial charge on any atom is -0.387 e. The van der Waals surface area contributed by atoms with Gasteiger partial charge >= 0.3 is 0 Å². The average Bonchev–Trinajstić information content (AvgIpc) is 2.74. The predicted molar refractivity (Wildman–Crippen MR) is 112 cm³/mol. The smallest absolute Gasteiger partial charge is 0.297 e. The highest BCUT2D eigenvalue weighted by Gasteiger charge is 2.55. The normalized spacial score (nSPS) is 29.1.